The molecule has 3 fully saturated rings. The van der Waals surface area contributed by atoms with Crippen LogP contribution in [0.3, 0.4) is 0 Å². The van der Waals surface area contributed by atoms with Crippen molar-refractivity contribution >= 4 is 28.4 Å². The second-order valence-electron chi connectivity index (χ2n) is 12.7. The maximum atomic E-state index is 13.1. The topological polar surface area (TPSA) is 108 Å². The Bertz CT molecular complexity index is 1780. The number of aromatic nitrogens is 2. The van der Waals surface area contributed by atoms with Crippen LogP contribution in [-0.4, -0.2) is 52.4 Å². The number of carbonyl (C=O) groups excluding carboxylic acids is 2. The number of H-pyrrole nitrogens is 1. The molecule has 3 N–H and O–H groups in total. The first-order valence-corrected chi connectivity index (χ1v) is 14.9. The van der Waals surface area contributed by atoms with E-state index in [-0.39, 0.29) is 22.9 Å². The summed E-state index contributed by atoms with van der Waals surface area (Å²) in [5.41, 5.74) is 4.88. The molecule has 3 saturated carbocycles. The summed E-state index contributed by atoms with van der Waals surface area (Å²) in [7, 11) is 5.70. The summed E-state index contributed by atoms with van der Waals surface area (Å²) in [6, 6.07) is 13.3. The molecular weight excluding hydrogens is 542 g/mol. The van der Waals surface area contributed by atoms with E-state index in [1.165, 1.54) is 4.57 Å². The molecule has 2 aromatic heterocycles. The standard InChI is InChI=1S/C34H39N5O4/c1-20-11-23(13-25(12-20)43-24-9-8-21(2)28(14-24)35-30(40)7-6-10-38(3)4)27-19-39(5)33(42)31-26(27)15-29(36-31)32(41)37-34-16-22(17-34)18-34/h8-9,11-15,19,22,36H,6-7,10,16-18H2,1-5H3,(H,35,40)(H,37,41). The van der Waals surface area contributed by atoms with E-state index in [2.05, 4.69) is 20.5 Å². The number of nitrogens with zero attached hydrogens (tertiary/aromatic N) is 2. The van der Waals surface area contributed by atoms with Crippen LogP contribution in [0.5, 0.6) is 11.5 Å². The number of fused-ring (bicyclic) bond motifs is 1. The van der Waals surface area contributed by atoms with Gasteiger partial charge in [0.15, 0.2) is 0 Å². The Morgan fingerprint density at radius 2 is 1.84 bits per heavy atom. The second-order valence-corrected chi connectivity index (χ2v) is 12.7. The van der Waals surface area contributed by atoms with Crippen LogP contribution in [0.2, 0.25) is 0 Å². The van der Waals surface area contributed by atoms with Gasteiger partial charge >= 0.3 is 0 Å². The molecule has 7 rings (SSSR count). The number of amides is 2. The number of aromatic amines is 1. The predicted octanol–water partition coefficient (Wildman–Crippen LogP) is 5.51. The first-order chi connectivity index (χ1) is 20.5. The van der Waals surface area contributed by atoms with Gasteiger partial charge in [-0.25, -0.2) is 0 Å². The maximum Gasteiger partial charge on any atom is 0.274 e. The number of anilines is 1. The maximum absolute atomic E-state index is 13.1. The van der Waals surface area contributed by atoms with Crippen LogP contribution in [0.15, 0.2) is 53.5 Å². The summed E-state index contributed by atoms with van der Waals surface area (Å²) in [6.45, 7) is 4.80. The number of ether oxygens (including phenoxy) is 1. The van der Waals surface area contributed by atoms with Crippen LogP contribution >= 0.6 is 0 Å². The third-order valence-corrected chi connectivity index (χ3v) is 8.72. The third kappa shape index (κ3) is 5.82. The van der Waals surface area contributed by atoms with E-state index in [1.54, 1.807) is 19.3 Å². The minimum Gasteiger partial charge on any atom is -0.457 e. The van der Waals surface area contributed by atoms with Gasteiger partial charge in [-0.3, -0.25) is 14.4 Å². The molecular formula is C34H39N5O4. The Morgan fingerprint density at radius 1 is 1.07 bits per heavy atom. The molecule has 9 heteroatoms. The fourth-order valence-corrected chi connectivity index (χ4v) is 6.29. The van der Waals surface area contributed by atoms with Gasteiger partial charge in [-0.05, 0) is 107 Å². The first-order valence-electron chi connectivity index (χ1n) is 14.9. The Balaban J connectivity index is 1.26. The van der Waals surface area contributed by atoms with Crippen molar-refractivity contribution in [2.45, 2.75) is 51.5 Å². The van der Waals surface area contributed by atoms with Crippen molar-refractivity contribution in [3.05, 3.63) is 75.8 Å². The van der Waals surface area contributed by atoms with Crippen LogP contribution in [0.25, 0.3) is 22.0 Å². The molecule has 0 saturated heterocycles. The fourth-order valence-electron chi connectivity index (χ4n) is 6.29. The van der Waals surface area contributed by atoms with E-state index in [0.29, 0.717) is 34.5 Å². The molecule has 2 amide bonds. The van der Waals surface area contributed by atoms with Gasteiger partial charge in [0.2, 0.25) is 5.91 Å². The SMILES string of the molecule is Cc1cc(Oc2ccc(C)c(NC(=O)CCCN(C)C)c2)cc(-c2cn(C)c(=O)c3[nH]c(C(=O)NC45CC(C4)C5)cc23)c1. The number of rotatable bonds is 10. The van der Waals surface area contributed by atoms with Gasteiger partial charge in [-0.15, -0.1) is 0 Å². The van der Waals surface area contributed by atoms with Gasteiger partial charge < -0.3 is 29.8 Å². The van der Waals surface area contributed by atoms with Gasteiger partial charge in [0, 0.05) is 47.9 Å². The smallest absolute Gasteiger partial charge is 0.274 e. The molecule has 9 nitrogen and oxygen atoms in total. The molecule has 4 aromatic rings. The molecule has 2 aromatic carbocycles. The molecule has 0 unspecified atom stereocenters. The van der Waals surface area contributed by atoms with Crippen molar-refractivity contribution in [2.75, 3.05) is 26.0 Å². The highest BCUT2D eigenvalue weighted by Crippen LogP contribution is 2.57. The number of pyridine rings is 1. The monoisotopic (exact) mass is 581 g/mol. The molecule has 2 heterocycles. The van der Waals surface area contributed by atoms with Gasteiger partial charge in [-0.1, -0.05) is 12.1 Å². The number of aryl methyl sites for hydroxylation is 3. The molecule has 0 spiro atoms. The van der Waals surface area contributed by atoms with Gasteiger partial charge in [0.05, 0.1) is 0 Å². The van der Waals surface area contributed by atoms with Gasteiger partial charge in [0.1, 0.15) is 22.7 Å². The number of benzene rings is 2. The van der Waals surface area contributed by atoms with Crippen molar-refractivity contribution in [2.24, 2.45) is 13.0 Å². The lowest BCUT2D eigenvalue weighted by molar-refractivity contribution is -0.116. The van der Waals surface area contributed by atoms with Gasteiger partial charge in [-0.2, -0.15) is 0 Å². The average molecular weight is 582 g/mol. The lowest BCUT2D eigenvalue weighted by Crippen LogP contribution is -2.68. The van der Waals surface area contributed by atoms with E-state index in [9.17, 15) is 14.4 Å². The molecule has 0 aliphatic heterocycles. The van der Waals surface area contributed by atoms with E-state index >= 15 is 0 Å². The van der Waals surface area contributed by atoms with E-state index in [4.69, 9.17) is 4.74 Å². The van der Waals surface area contributed by atoms with Crippen LogP contribution in [-0.2, 0) is 11.8 Å². The lowest BCUT2D eigenvalue weighted by Gasteiger charge is -2.61. The van der Waals surface area contributed by atoms with E-state index in [1.807, 2.05) is 64.3 Å². The summed E-state index contributed by atoms with van der Waals surface area (Å²) < 4.78 is 7.84. The summed E-state index contributed by atoms with van der Waals surface area (Å²) in [4.78, 5) is 43.8. The predicted molar refractivity (Wildman–Crippen MR) is 169 cm³/mol. The zero-order chi connectivity index (χ0) is 30.5. The zero-order valence-electron chi connectivity index (χ0n) is 25.5. The van der Waals surface area contributed by atoms with Crippen molar-refractivity contribution < 1.29 is 14.3 Å². The summed E-state index contributed by atoms with van der Waals surface area (Å²) >= 11 is 0. The van der Waals surface area contributed by atoms with E-state index in [0.717, 1.165) is 66.1 Å². The number of carbonyl (C=O) groups is 2. The highest BCUT2D eigenvalue weighted by molar-refractivity contribution is 6.03. The highest BCUT2D eigenvalue weighted by atomic mass is 16.5. The Labute approximate surface area is 251 Å². The van der Waals surface area contributed by atoms with Crippen molar-refractivity contribution in [1.29, 1.82) is 0 Å². The number of hydrogen-bond acceptors (Lipinski definition) is 5. The summed E-state index contributed by atoms with van der Waals surface area (Å²) in [6.07, 6.45) is 6.17. The molecule has 224 valence electrons. The lowest BCUT2D eigenvalue weighted by atomic mass is 9.50. The van der Waals surface area contributed by atoms with Crippen LogP contribution in [0.4, 0.5) is 5.69 Å². The first kappa shape index (κ1) is 28.7. The number of hydrogen-bond donors (Lipinski definition) is 3. The minimum atomic E-state index is -0.191. The van der Waals surface area contributed by atoms with Crippen molar-refractivity contribution in [3.8, 4) is 22.6 Å². The van der Waals surface area contributed by atoms with Crippen LogP contribution in [0, 0.1) is 19.8 Å². The van der Waals surface area contributed by atoms with Crippen LogP contribution < -0.4 is 20.9 Å². The Hall–Kier alpha value is -4.37. The molecule has 43 heavy (non-hydrogen) atoms. The molecule has 2 bridgehead atoms. The number of nitrogens with one attached hydrogen (secondary N) is 3. The zero-order valence-corrected chi connectivity index (χ0v) is 25.5. The van der Waals surface area contributed by atoms with Crippen LogP contribution in [0.1, 0.15) is 53.7 Å². The van der Waals surface area contributed by atoms with Gasteiger partial charge in [0.25, 0.3) is 11.5 Å². The minimum absolute atomic E-state index is 0.0255. The van der Waals surface area contributed by atoms with E-state index < -0.39 is 0 Å². The quantitative estimate of drug-likeness (QED) is 0.229. The Morgan fingerprint density at radius 3 is 2.53 bits per heavy atom. The molecule has 3 aliphatic rings. The van der Waals surface area contributed by atoms with Crippen molar-refractivity contribution in [3.63, 3.8) is 0 Å². The molecule has 3 aliphatic carbocycles. The fraction of sp³-hybridized carbons (Fsp3) is 0.382. The molecule has 0 atom stereocenters. The van der Waals surface area contributed by atoms with Crippen molar-refractivity contribution in [1.82, 2.24) is 19.8 Å². The average Bonchev–Trinajstić information content (AvgIpc) is 3.35. The second kappa shape index (κ2) is 11.0. The largest absolute Gasteiger partial charge is 0.457 e. The third-order valence-electron chi connectivity index (χ3n) is 8.72. The summed E-state index contributed by atoms with van der Waals surface area (Å²) in [5.74, 6) is 1.78. The molecule has 0 radical (unpaired) electrons. The Kier molecular flexibility index (Phi) is 7.38. The summed E-state index contributed by atoms with van der Waals surface area (Å²) in [5, 5.41) is 6.89. The highest BCUT2D eigenvalue weighted by Gasteiger charge is 2.57. The normalized spacial score (nSPS) is 18.7.